The molecule has 54 heavy (non-hydrogen) atoms. The van der Waals surface area contributed by atoms with Gasteiger partial charge in [-0.2, -0.15) is 0 Å². The number of allylic oxidation sites excluding steroid dienone is 7. The van der Waals surface area contributed by atoms with E-state index in [0.717, 1.165) is 51.4 Å². The predicted molar refractivity (Wildman–Crippen MR) is 231 cm³/mol. The predicted octanol–water partition coefficient (Wildman–Crippen LogP) is 12.1. The molecule has 0 bridgehead atoms. The molecule has 0 heterocycles. The van der Waals surface area contributed by atoms with Gasteiger partial charge in [-0.3, -0.25) is 13.8 Å². The van der Waals surface area contributed by atoms with Crippen molar-refractivity contribution in [2.75, 3.05) is 40.9 Å². The second-order valence-corrected chi connectivity index (χ2v) is 17.5. The topological polar surface area (TPSA) is 105 Å². The molecule has 9 heteroatoms. The second kappa shape index (κ2) is 37.1. The molecule has 3 N–H and O–H groups in total. The Balaban J connectivity index is 4.32. The minimum absolute atomic E-state index is 0.0553. The van der Waals surface area contributed by atoms with Crippen LogP contribution in [0.15, 0.2) is 48.6 Å². The maximum Gasteiger partial charge on any atom is 0.472 e. The summed E-state index contributed by atoms with van der Waals surface area (Å²) in [6.07, 6.45) is 46.2. The van der Waals surface area contributed by atoms with Crippen molar-refractivity contribution in [1.82, 2.24) is 5.32 Å². The van der Waals surface area contributed by atoms with E-state index in [0.29, 0.717) is 17.4 Å². The SMILES string of the molecule is CC/C=C\C/C=C\CCCCCCCCCCCCCCCCC(=O)NC(COP(=O)(O)OCC[N+](C)(C)C)C(O)/C=C/CC/C=C/CCCCCCC. The lowest BCUT2D eigenvalue weighted by molar-refractivity contribution is -0.870. The van der Waals surface area contributed by atoms with E-state index in [4.69, 9.17) is 9.05 Å². The lowest BCUT2D eigenvalue weighted by Gasteiger charge is -2.25. The summed E-state index contributed by atoms with van der Waals surface area (Å²) in [4.78, 5) is 23.1. The zero-order chi connectivity index (χ0) is 40.0. The van der Waals surface area contributed by atoms with Gasteiger partial charge in [-0.25, -0.2) is 4.57 Å². The van der Waals surface area contributed by atoms with E-state index in [9.17, 15) is 19.4 Å². The largest absolute Gasteiger partial charge is 0.472 e. The summed E-state index contributed by atoms with van der Waals surface area (Å²) in [6, 6.07) is -0.861. The minimum Gasteiger partial charge on any atom is -0.387 e. The van der Waals surface area contributed by atoms with Crippen molar-refractivity contribution in [3.63, 3.8) is 0 Å². The summed E-state index contributed by atoms with van der Waals surface area (Å²) in [7, 11) is 1.55. The van der Waals surface area contributed by atoms with Gasteiger partial charge in [-0.1, -0.05) is 165 Å². The van der Waals surface area contributed by atoms with Crippen LogP contribution in [0.4, 0.5) is 0 Å². The Labute approximate surface area is 333 Å². The number of likely N-dealkylation sites (N-methyl/N-ethyl adjacent to an activating group) is 1. The fourth-order valence-corrected chi connectivity index (χ4v) is 6.77. The van der Waals surface area contributed by atoms with E-state index >= 15 is 0 Å². The van der Waals surface area contributed by atoms with Gasteiger partial charge in [0.25, 0.3) is 0 Å². The number of amides is 1. The fourth-order valence-electron chi connectivity index (χ4n) is 6.03. The molecule has 8 nitrogen and oxygen atoms in total. The van der Waals surface area contributed by atoms with Crippen molar-refractivity contribution >= 4 is 13.7 Å². The standard InChI is InChI=1S/C45H85N2O6P/c1-6-8-10-12-14-16-18-19-20-21-22-23-24-25-26-27-29-31-33-35-37-39-45(49)46-43(42-53-54(50,51)52-41-40-47(3,4)5)44(48)38-36-34-32-30-28-17-15-13-11-9-7-2/h8,10,14,16,28,30,36,38,43-44,48H,6-7,9,11-13,15,17-27,29,31-35,37,39-42H2,1-5H3,(H-,46,49,50,51)/p+1/b10-8-,16-14-,30-28+,38-36+. The van der Waals surface area contributed by atoms with Crippen molar-refractivity contribution in [2.24, 2.45) is 0 Å². The third-order valence-corrected chi connectivity index (χ3v) is 10.5. The average molecular weight is 782 g/mol. The van der Waals surface area contributed by atoms with Crippen molar-refractivity contribution in [2.45, 2.75) is 193 Å². The van der Waals surface area contributed by atoms with Crippen molar-refractivity contribution in [1.29, 1.82) is 0 Å². The van der Waals surface area contributed by atoms with Crippen LogP contribution in [-0.4, -0.2) is 73.4 Å². The summed E-state index contributed by atoms with van der Waals surface area (Å²) in [5.41, 5.74) is 0. The number of carbonyl (C=O) groups is 1. The van der Waals surface area contributed by atoms with Crippen LogP contribution in [0.25, 0.3) is 0 Å². The van der Waals surface area contributed by atoms with Gasteiger partial charge < -0.3 is 19.8 Å². The first-order valence-corrected chi connectivity index (χ1v) is 23.5. The van der Waals surface area contributed by atoms with Gasteiger partial charge in [0.1, 0.15) is 13.2 Å². The molecule has 0 fully saturated rings. The number of carbonyl (C=O) groups excluding carboxylic acids is 1. The van der Waals surface area contributed by atoms with Gasteiger partial charge in [0, 0.05) is 6.42 Å². The summed E-state index contributed by atoms with van der Waals surface area (Å²) in [6.45, 7) is 4.65. The van der Waals surface area contributed by atoms with Crippen molar-refractivity contribution in [3.05, 3.63) is 48.6 Å². The molecule has 3 atom stereocenters. The molecule has 316 valence electrons. The summed E-state index contributed by atoms with van der Waals surface area (Å²) >= 11 is 0. The fraction of sp³-hybridized carbons (Fsp3) is 0.800. The van der Waals surface area contributed by atoms with E-state index in [1.807, 2.05) is 27.2 Å². The lowest BCUT2D eigenvalue weighted by atomic mass is 10.0. The van der Waals surface area contributed by atoms with E-state index in [1.165, 1.54) is 109 Å². The molecule has 0 rings (SSSR count). The van der Waals surface area contributed by atoms with Gasteiger partial charge in [-0.05, 0) is 57.8 Å². The highest BCUT2D eigenvalue weighted by Gasteiger charge is 2.27. The first-order chi connectivity index (χ1) is 26.0. The normalized spacial score (nSPS) is 14.9. The Morgan fingerprint density at radius 2 is 1.13 bits per heavy atom. The van der Waals surface area contributed by atoms with Gasteiger partial charge in [0.2, 0.25) is 5.91 Å². The van der Waals surface area contributed by atoms with Crippen LogP contribution in [-0.2, 0) is 18.4 Å². The van der Waals surface area contributed by atoms with Gasteiger partial charge >= 0.3 is 7.82 Å². The number of aliphatic hydroxyl groups excluding tert-OH is 1. The molecule has 0 saturated heterocycles. The maximum absolute atomic E-state index is 12.8. The van der Waals surface area contributed by atoms with Gasteiger partial charge in [0.05, 0.1) is 39.9 Å². The molecule has 0 saturated carbocycles. The zero-order valence-electron chi connectivity index (χ0n) is 35.7. The first kappa shape index (κ1) is 52.5. The van der Waals surface area contributed by atoms with Crippen LogP contribution < -0.4 is 5.32 Å². The third-order valence-electron chi connectivity index (χ3n) is 9.53. The highest BCUT2D eigenvalue weighted by atomic mass is 31.2. The molecule has 3 unspecified atom stereocenters. The van der Waals surface area contributed by atoms with E-state index in [-0.39, 0.29) is 19.1 Å². The van der Waals surface area contributed by atoms with E-state index in [2.05, 4.69) is 55.6 Å². The van der Waals surface area contributed by atoms with Crippen LogP contribution in [0.5, 0.6) is 0 Å². The van der Waals surface area contributed by atoms with Crippen LogP contribution >= 0.6 is 7.82 Å². The van der Waals surface area contributed by atoms with Crippen LogP contribution in [0.1, 0.15) is 181 Å². The number of phosphoric ester groups is 1. The maximum atomic E-state index is 12.8. The molecule has 0 aliphatic carbocycles. The highest BCUT2D eigenvalue weighted by Crippen LogP contribution is 2.43. The van der Waals surface area contributed by atoms with Crippen LogP contribution in [0.3, 0.4) is 0 Å². The van der Waals surface area contributed by atoms with Crippen molar-refractivity contribution < 1.29 is 32.9 Å². The monoisotopic (exact) mass is 782 g/mol. The molecule has 0 spiro atoms. The number of hydrogen-bond acceptors (Lipinski definition) is 5. The lowest BCUT2D eigenvalue weighted by Crippen LogP contribution is -2.45. The summed E-state index contributed by atoms with van der Waals surface area (Å²) < 4.78 is 23.5. The molecule has 0 aromatic heterocycles. The summed E-state index contributed by atoms with van der Waals surface area (Å²) in [5, 5.41) is 13.8. The molecule has 0 aliphatic rings. The average Bonchev–Trinajstić information content (AvgIpc) is 3.12. The van der Waals surface area contributed by atoms with Crippen LogP contribution in [0.2, 0.25) is 0 Å². The Hall–Kier alpha value is -1.54. The Morgan fingerprint density at radius 1 is 0.648 bits per heavy atom. The molecule has 0 aromatic carbocycles. The van der Waals surface area contributed by atoms with Crippen LogP contribution in [0, 0.1) is 0 Å². The number of aliphatic hydroxyl groups is 1. The van der Waals surface area contributed by atoms with Gasteiger partial charge in [-0.15, -0.1) is 0 Å². The molecule has 0 aliphatic heterocycles. The number of nitrogens with zero attached hydrogens (tertiary/aromatic N) is 1. The number of phosphoric acid groups is 1. The number of quaternary nitrogens is 1. The molecular formula is C45H86N2O6P+. The van der Waals surface area contributed by atoms with Crippen molar-refractivity contribution in [3.8, 4) is 0 Å². The minimum atomic E-state index is -4.34. The third kappa shape index (κ3) is 38.7. The highest BCUT2D eigenvalue weighted by molar-refractivity contribution is 7.47. The number of hydrogen-bond donors (Lipinski definition) is 3. The molecular weight excluding hydrogens is 695 g/mol. The quantitative estimate of drug-likeness (QED) is 0.0248. The summed E-state index contributed by atoms with van der Waals surface area (Å²) in [5.74, 6) is -0.191. The zero-order valence-corrected chi connectivity index (χ0v) is 36.6. The molecule has 0 radical (unpaired) electrons. The smallest absolute Gasteiger partial charge is 0.387 e. The Bertz CT molecular complexity index is 1020. The Morgan fingerprint density at radius 3 is 1.69 bits per heavy atom. The van der Waals surface area contributed by atoms with Gasteiger partial charge in [0.15, 0.2) is 0 Å². The van der Waals surface area contributed by atoms with E-state index in [1.54, 1.807) is 6.08 Å². The molecule has 1 amide bonds. The molecule has 0 aromatic rings. The second-order valence-electron chi connectivity index (χ2n) is 16.0. The first-order valence-electron chi connectivity index (χ1n) is 22.0. The van der Waals surface area contributed by atoms with E-state index < -0.39 is 20.0 Å². The number of rotatable bonds is 39. The number of unbranched alkanes of at least 4 members (excludes halogenated alkanes) is 20. The number of nitrogens with one attached hydrogen (secondary N) is 1. The Kier molecular flexibility index (Phi) is 36.0.